The molecule has 0 saturated heterocycles. The number of rotatable bonds is 4. The summed E-state index contributed by atoms with van der Waals surface area (Å²) >= 11 is 9.43. The average molecular weight is 400 g/mol. The van der Waals surface area contributed by atoms with Crippen LogP contribution < -0.4 is 15.2 Å². The van der Waals surface area contributed by atoms with Gasteiger partial charge in [0.2, 0.25) is 5.95 Å². The van der Waals surface area contributed by atoms with Crippen LogP contribution in [0.25, 0.3) is 11.2 Å². The number of halogens is 2. The first-order valence-electron chi connectivity index (χ1n) is 6.46. The Labute approximate surface area is 144 Å². The second kappa shape index (κ2) is 6.17. The SMILES string of the molecule is COc1cc(Cn2nnc3c(Cl)nc(N)nc32)c(OC)cc1Br. The molecule has 0 aliphatic heterocycles. The number of nitrogen functional groups attached to an aromatic ring is 1. The molecule has 2 heterocycles. The summed E-state index contributed by atoms with van der Waals surface area (Å²) in [5, 5.41) is 8.22. The van der Waals surface area contributed by atoms with Gasteiger partial charge in [0.1, 0.15) is 11.5 Å². The number of nitrogens with two attached hydrogens (primary N) is 1. The molecule has 3 aromatic rings. The van der Waals surface area contributed by atoms with Gasteiger partial charge in [-0.05, 0) is 28.1 Å². The number of ether oxygens (including phenoxy) is 2. The van der Waals surface area contributed by atoms with Crippen molar-refractivity contribution in [3.8, 4) is 11.5 Å². The third kappa shape index (κ3) is 2.89. The first kappa shape index (κ1) is 15.8. The first-order valence-corrected chi connectivity index (χ1v) is 7.63. The topological polar surface area (TPSA) is 101 Å². The van der Waals surface area contributed by atoms with Crippen LogP contribution >= 0.6 is 27.5 Å². The van der Waals surface area contributed by atoms with E-state index in [2.05, 4.69) is 36.2 Å². The molecule has 0 aliphatic carbocycles. The fourth-order valence-corrected chi connectivity index (χ4v) is 2.85. The summed E-state index contributed by atoms with van der Waals surface area (Å²) in [5.74, 6) is 1.42. The van der Waals surface area contributed by atoms with Crippen LogP contribution in [-0.2, 0) is 6.54 Å². The number of nitrogens with zero attached hydrogens (tertiary/aromatic N) is 5. The summed E-state index contributed by atoms with van der Waals surface area (Å²) in [5.41, 5.74) is 7.32. The van der Waals surface area contributed by atoms with E-state index in [-0.39, 0.29) is 11.1 Å². The molecule has 0 radical (unpaired) electrons. The van der Waals surface area contributed by atoms with E-state index in [1.165, 1.54) is 0 Å². The Balaban J connectivity index is 2.09. The molecule has 0 aliphatic rings. The molecule has 8 nitrogen and oxygen atoms in total. The van der Waals surface area contributed by atoms with E-state index >= 15 is 0 Å². The fraction of sp³-hybridized carbons (Fsp3) is 0.231. The molecule has 0 atom stereocenters. The predicted molar refractivity (Wildman–Crippen MR) is 88.9 cm³/mol. The van der Waals surface area contributed by atoms with Crippen LogP contribution in [0.1, 0.15) is 5.56 Å². The zero-order valence-electron chi connectivity index (χ0n) is 12.2. The van der Waals surface area contributed by atoms with Gasteiger partial charge in [-0.3, -0.25) is 0 Å². The summed E-state index contributed by atoms with van der Waals surface area (Å²) in [4.78, 5) is 8.01. The fourth-order valence-electron chi connectivity index (χ4n) is 2.15. The van der Waals surface area contributed by atoms with E-state index in [1.807, 2.05) is 12.1 Å². The molecular weight excluding hydrogens is 388 g/mol. The van der Waals surface area contributed by atoms with Crippen molar-refractivity contribution in [3.05, 3.63) is 27.3 Å². The van der Waals surface area contributed by atoms with Crippen LogP contribution in [0.2, 0.25) is 5.15 Å². The molecule has 1 aromatic carbocycles. The van der Waals surface area contributed by atoms with Gasteiger partial charge in [0.15, 0.2) is 16.3 Å². The maximum absolute atomic E-state index is 6.01. The van der Waals surface area contributed by atoms with Crippen LogP contribution in [0.3, 0.4) is 0 Å². The molecule has 120 valence electrons. The van der Waals surface area contributed by atoms with Crippen molar-refractivity contribution in [3.63, 3.8) is 0 Å². The van der Waals surface area contributed by atoms with E-state index < -0.39 is 0 Å². The van der Waals surface area contributed by atoms with Crippen LogP contribution in [0.5, 0.6) is 11.5 Å². The van der Waals surface area contributed by atoms with Gasteiger partial charge >= 0.3 is 0 Å². The second-order valence-electron chi connectivity index (χ2n) is 4.59. The zero-order chi connectivity index (χ0) is 16.6. The highest BCUT2D eigenvalue weighted by atomic mass is 79.9. The lowest BCUT2D eigenvalue weighted by Gasteiger charge is -2.12. The maximum atomic E-state index is 6.01. The molecule has 3 rings (SSSR count). The van der Waals surface area contributed by atoms with Crippen LogP contribution in [0.4, 0.5) is 5.95 Å². The van der Waals surface area contributed by atoms with Gasteiger partial charge in [0.25, 0.3) is 0 Å². The summed E-state index contributed by atoms with van der Waals surface area (Å²) < 4.78 is 13.1. The molecule has 2 aromatic heterocycles. The molecule has 0 saturated carbocycles. The quantitative estimate of drug-likeness (QED) is 0.672. The minimum absolute atomic E-state index is 0.0615. The molecule has 0 amide bonds. The molecule has 0 unspecified atom stereocenters. The first-order chi connectivity index (χ1) is 11.0. The van der Waals surface area contributed by atoms with E-state index in [0.717, 1.165) is 10.0 Å². The van der Waals surface area contributed by atoms with Gasteiger partial charge < -0.3 is 15.2 Å². The maximum Gasteiger partial charge on any atom is 0.223 e. The third-order valence-electron chi connectivity index (χ3n) is 3.21. The van der Waals surface area contributed by atoms with E-state index in [4.69, 9.17) is 26.8 Å². The standard InChI is InChI=1S/C13H12BrClN6O2/c1-22-8-4-7(14)9(23-2)3-6(8)5-21-12-10(19-20-21)11(15)17-13(16)18-12/h3-4H,5H2,1-2H3,(H2,16,17,18). The molecular formula is C13H12BrClN6O2. The van der Waals surface area contributed by atoms with E-state index in [1.54, 1.807) is 18.9 Å². The highest BCUT2D eigenvalue weighted by molar-refractivity contribution is 9.10. The van der Waals surface area contributed by atoms with Gasteiger partial charge in [-0.1, -0.05) is 16.8 Å². The Bertz CT molecular complexity index is 885. The molecule has 2 N–H and O–H groups in total. The number of fused-ring (bicyclic) bond motifs is 1. The van der Waals surface area contributed by atoms with Crippen LogP contribution in [0.15, 0.2) is 16.6 Å². The minimum Gasteiger partial charge on any atom is -0.496 e. The summed E-state index contributed by atoms with van der Waals surface area (Å²) in [6.07, 6.45) is 0. The Hall–Kier alpha value is -2.13. The van der Waals surface area contributed by atoms with Gasteiger partial charge in [-0.2, -0.15) is 9.97 Å². The van der Waals surface area contributed by atoms with E-state index in [9.17, 15) is 0 Å². The van der Waals surface area contributed by atoms with Gasteiger partial charge in [0, 0.05) is 5.56 Å². The van der Waals surface area contributed by atoms with Crippen LogP contribution in [-0.4, -0.2) is 39.2 Å². The van der Waals surface area contributed by atoms with Crippen molar-refractivity contribution in [1.82, 2.24) is 25.0 Å². The average Bonchev–Trinajstić information content (AvgIpc) is 2.91. The Morgan fingerprint density at radius 1 is 1.22 bits per heavy atom. The van der Waals surface area contributed by atoms with Crippen molar-refractivity contribution in [2.24, 2.45) is 0 Å². The number of hydrogen-bond acceptors (Lipinski definition) is 7. The van der Waals surface area contributed by atoms with Crippen molar-refractivity contribution >= 4 is 44.6 Å². The highest BCUT2D eigenvalue weighted by Gasteiger charge is 2.16. The minimum atomic E-state index is 0.0615. The van der Waals surface area contributed by atoms with Crippen molar-refractivity contribution in [2.45, 2.75) is 6.54 Å². The van der Waals surface area contributed by atoms with Gasteiger partial charge in [-0.15, -0.1) is 5.10 Å². The van der Waals surface area contributed by atoms with Gasteiger partial charge in [-0.25, -0.2) is 4.68 Å². The normalized spacial score (nSPS) is 11.0. The highest BCUT2D eigenvalue weighted by Crippen LogP contribution is 2.33. The van der Waals surface area contributed by atoms with E-state index in [0.29, 0.717) is 29.2 Å². The Morgan fingerprint density at radius 3 is 2.65 bits per heavy atom. The Kier molecular flexibility index (Phi) is 4.22. The second-order valence-corrected chi connectivity index (χ2v) is 5.80. The number of hydrogen-bond donors (Lipinski definition) is 1. The molecule has 0 spiro atoms. The van der Waals surface area contributed by atoms with Crippen molar-refractivity contribution < 1.29 is 9.47 Å². The van der Waals surface area contributed by atoms with Crippen molar-refractivity contribution in [2.75, 3.05) is 20.0 Å². The van der Waals surface area contributed by atoms with Crippen molar-refractivity contribution in [1.29, 1.82) is 0 Å². The monoisotopic (exact) mass is 398 g/mol. The summed E-state index contributed by atoms with van der Waals surface area (Å²) in [6.45, 7) is 0.357. The largest absolute Gasteiger partial charge is 0.496 e. The smallest absolute Gasteiger partial charge is 0.223 e. The number of methoxy groups -OCH3 is 2. The lowest BCUT2D eigenvalue weighted by atomic mass is 10.2. The zero-order valence-corrected chi connectivity index (χ0v) is 14.6. The molecule has 0 fully saturated rings. The number of anilines is 1. The van der Waals surface area contributed by atoms with Gasteiger partial charge in [0.05, 0.1) is 25.2 Å². The number of aromatic nitrogens is 5. The summed E-state index contributed by atoms with van der Waals surface area (Å²) in [6, 6.07) is 3.67. The molecule has 0 bridgehead atoms. The molecule has 10 heteroatoms. The Morgan fingerprint density at radius 2 is 1.96 bits per heavy atom. The lowest BCUT2D eigenvalue weighted by Crippen LogP contribution is -2.06. The lowest BCUT2D eigenvalue weighted by molar-refractivity contribution is 0.395. The summed E-state index contributed by atoms with van der Waals surface area (Å²) in [7, 11) is 3.18. The number of benzene rings is 1. The molecule has 23 heavy (non-hydrogen) atoms. The third-order valence-corrected chi connectivity index (χ3v) is 4.10. The predicted octanol–water partition coefficient (Wildman–Crippen LogP) is 2.28. The van der Waals surface area contributed by atoms with Crippen LogP contribution in [0, 0.1) is 0 Å².